The minimum atomic E-state index is -0.939. The van der Waals surface area contributed by atoms with Crippen molar-refractivity contribution in [3.8, 4) is 0 Å². The zero-order valence-electron chi connectivity index (χ0n) is 23.1. The molecule has 4 aliphatic rings. The average Bonchev–Trinajstić information content (AvgIpc) is 3.22. The second-order valence-corrected chi connectivity index (χ2v) is 13.4. The van der Waals surface area contributed by atoms with Crippen LogP contribution < -0.4 is 5.32 Å². The van der Waals surface area contributed by atoms with Gasteiger partial charge >= 0.3 is 5.97 Å². The Bertz CT molecular complexity index is 1100. The normalized spacial score (nSPS) is 37.9. The third kappa shape index (κ3) is 4.73. The van der Waals surface area contributed by atoms with Crippen LogP contribution in [-0.4, -0.2) is 28.5 Å². The number of amides is 1. The molecular formula is C32H43NO5. The summed E-state index contributed by atoms with van der Waals surface area (Å²) in [6.07, 6.45) is 7.10. The number of ketones is 2. The molecule has 0 aliphatic heterocycles. The Morgan fingerprint density at radius 1 is 0.974 bits per heavy atom. The predicted molar refractivity (Wildman–Crippen MR) is 144 cm³/mol. The quantitative estimate of drug-likeness (QED) is 0.476. The number of carboxylic acid groups (broad SMARTS) is 1. The number of benzene rings is 1. The molecule has 1 amide bonds. The van der Waals surface area contributed by atoms with Gasteiger partial charge in [-0.3, -0.25) is 19.2 Å². The first-order valence-corrected chi connectivity index (χ1v) is 14.6. The number of hydrogen-bond donors (Lipinski definition) is 2. The van der Waals surface area contributed by atoms with Gasteiger partial charge in [0.05, 0.1) is 12.5 Å². The van der Waals surface area contributed by atoms with Crippen molar-refractivity contribution in [3.05, 3.63) is 35.9 Å². The number of carbonyl (C=O) groups excluding carboxylic acids is 3. The highest BCUT2D eigenvalue weighted by Gasteiger charge is 2.63. The van der Waals surface area contributed by atoms with Crippen LogP contribution in [-0.2, 0) is 19.2 Å². The summed E-state index contributed by atoms with van der Waals surface area (Å²) in [5.74, 6) is 1.20. The van der Waals surface area contributed by atoms with Gasteiger partial charge in [0.25, 0.3) is 0 Å². The molecule has 0 spiro atoms. The van der Waals surface area contributed by atoms with Gasteiger partial charge in [0, 0.05) is 31.6 Å². The Balaban J connectivity index is 1.28. The fourth-order valence-electron chi connectivity index (χ4n) is 9.50. The summed E-state index contributed by atoms with van der Waals surface area (Å²) < 4.78 is 0. The predicted octanol–water partition coefficient (Wildman–Crippen LogP) is 5.75. The van der Waals surface area contributed by atoms with Crippen LogP contribution in [0, 0.1) is 46.3 Å². The molecule has 6 nitrogen and oxygen atoms in total. The van der Waals surface area contributed by atoms with E-state index in [0.717, 1.165) is 37.7 Å². The monoisotopic (exact) mass is 521 g/mol. The van der Waals surface area contributed by atoms with E-state index in [1.165, 1.54) is 0 Å². The van der Waals surface area contributed by atoms with E-state index >= 15 is 0 Å². The van der Waals surface area contributed by atoms with Crippen LogP contribution in [0.3, 0.4) is 0 Å². The van der Waals surface area contributed by atoms with E-state index in [0.29, 0.717) is 55.0 Å². The maximum atomic E-state index is 13.6. The number of nitrogens with one attached hydrogen (secondary N) is 1. The molecule has 1 aromatic carbocycles. The lowest BCUT2D eigenvalue weighted by molar-refractivity contribution is -0.159. The summed E-state index contributed by atoms with van der Waals surface area (Å²) in [6, 6.07) is 8.75. The molecule has 4 fully saturated rings. The van der Waals surface area contributed by atoms with Gasteiger partial charge in [0.1, 0.15) is 11.6 Å². The van der Waals surface area contributed by atoms with Crippen LogP contribution in [0.5, 0.6) is 0 Å². The molecule has 9 atom stereocenters. The van der Waals surface area contributed by atoms with Crippen LogP contribution in [0.2, 0.25) is 0 Å². The zero-order valence-corrected chi connectivity index (χ0v) is 23.1. The SMILES string of the molecule is C[C@H](CC(=O)NC(CC(=O)O)c1ccccc1)[C@H]1CC[C@H]2[C@@H]3C(=O)C[C@@H]4CC(=O)CC[C@]4(C)[C@H]3CC[C@]12C. The van der Waals surface area contributed by atoms with E-state index in [-0.39, 0.29) is 40.9 Å². The van der Waals surface area contributed by atoms with Crippen molar-refractivity contribution in [2.45, 2.75) is 91.0 Å². The van der Waals surface area contributed by atoms with E-state index in [9.17, 15) is 24.3 Å². The lowest BCUT2D eigenvalue weighted by atomic mass is 9.44. The van der Waals surface area contributed by atoms with E-state index in [1.807, 2.05) is 30.3 Å². The number of carboxylic acids is 1. The van der Waals surface area contributed by atoms with Crippen LogP contribution >= 0.6 is 0 Å². The Kier molecular flexibility index (Phi) is 7.30. The summed E-state index contributed by atoms with van der Waals surface area (Å²) in [5.41, 5.74) is 0.923. The number of Topliss-reactive ketones (excluding diaryl/α,β-unsaturated/α-hetero) is 2. The van der Waals surface area contributed by atoms with Gasteiger partial charge in [-0.05, 0) is 78.1 Å². The van der Waals surface area contributed by atoms with Crippen molar-refractivity contribution >= 4 is 23.4 Å². The highest BCUT2D eigenvalue weighted by Crippen LogP contribution is 2.67. The zero-order chi connectivity index (χ0) is 27.2. The molecule has 0 saturated heterocycles. The van der Waals surface area contributed by atoms with Crippen LogP contribution in [0.25, 0.3) is 0 Å². The number of hydrogen-bond acceptors (Lipinski definition) is 4. The number of fused-ring (bicyclic) bond motifs is 5. The molecule has 0 aromatic heterocycles. The Morgan fingerprint density at radius 3 is 2.39 bits per heavy atom. The summed E-state index contributed by atoms with van der Waals surface area (Å²) in [4.78, 5) is 50.4. The van der Waals surface area contributed by atoms with Gasteiger partial charge in [-0.15, -0.1) is 0 Å². The number of rotatable bonds is 7. The van der Waals surface area contributed by atoms with Gasteiger partial charge in [-0.2, -0.15) is 0 Å². The fraction of sp³-hybridized carbons (Fsp3) is 0.688. The Hall–Kier alpha value is -2.50. The van der Waals surface area contributed by atoms with Gasteiger partial charge in [0.15, 0.2) is 0 Å². The molecule has 206 valence electrons. The molecule has 38 heavy (non-hydrogen) atoms. The lowest BCUT2D eigenvalue weighted by Gasteiger charge is -2.59. The van der Waals surface area contributed by atoms with Crippen molar-refractivity contribution in [1.29, 1.82) is 0 Å². The average molecular weight is 522 g/mol. The summed E-state index contributed by atoms with van der Waals surface area (Å²) >= 11 is 0. The molecule has 5 rings (SSSR count). The second-order valence-electron chi connectivity index (χ2n) is 13.4. The highest BCUT2D eigenvalue weighted by atomic mass is 16.4. The molecule has 1 aromatic rings. The first kappa shape index (κ1) is 27.1. The topological polar surface area (TPSA) is 101 Å². The second kappa shape index (κ2) is 10.2. The largest absolute Gasteiger partial charge is 0.481 e. The molecule has 4 saturated carbocycles. The third-order valence-electron chi connectivity index (χ3n) is 11.5. The minimum Gasteiger partial charge on any atom is -0.481 e. The van der Waals surface area contributed by atoms with E-state index in [4.69, 9.17) is 0 Å². The molecule has 0 heterocycles. The first-order valence-electron chi connectivity index (χ1n) is 14.6. The van der Waals surface area contributed by atoms with Crippen LogP contribution in [0.1, 0.15) is 96.6 Å². The Morgan fingerprint density at radius 2 is 1.68 bits per heavy atom. The highest BCUT2D eigenvalue weighted by molar-refractivity contribution is 5.86. The fourth-order valence-corrected chi connectivity index (χ4v) is 9.50. The van der Waals surface area contributed by atoms with Crippen LogP contribution in [0.4, 0.5) is 0 Å². The third-order valence-corrected chi connectivity index (χ3v) is 11.5. The first-order chi connectivity index (χ1) is 18.0. The lowest BCUT2D eigenvalue weighted by Crippen LogP contribution is -2.57. The van der Waals surface area contributed by atoms with Crippen molar-refractivity contribution in [3.63, 3.8) is 0 Å². The maximum Gasteiger partial charge on any atom is 0.305 e. The Labute approximate surface area is 226 Å². The van der Waals surface area contributed by atoms with E-state index in [1.54, 1.807) is 0 Å². The summed E-state index contributed by atoms with van der Waals surface area (Å²) in [6.45, 7) is 6.88. The smallest absolute Gasteiger partial charge is 0.305 e. The van der Waals surface area contributed by atoms with Crippen molar-refractivity contribution in [2.24, 2.45) is 46.3 Å². The van der Waals surface area contributed by atoms with E-state index < -0.39 is 12.0 Å². The standard InChI is InChI=1S/C32H43NO5/c1-19(15-28(36)33-26(18-29(37)38)20-7-5-4-6-8-20)23-9-10-24-30-25(12-14-32(23,24)3)31(2)13-11-22(34)16-21(31)17-27(30)35/h4-8,19,21,23-26,30H,9-18H2,1-3H3,(H,33,36)(H,37,38)/t19-,21+,23-,24+,25+,26?,30+,31+,32-/m1/s1. The molecular weight excluding hydrogens is 478 g/mol. The van der Waals surface area contributed by atoms with Crippen molar-refractivity contribution < 1.29 is 24.3 Å². The summed E-state index contributed by atoms with van der Waals surface area (Å²) in [7, 11) is 0. The van der Waals surface area contributed by atoms with Crippen molar-refractivity contribution in [1.82, 2.24) is 5.32 Å². The molecule has 6 heteroatoms. The van der Waals surface area contributed by atoms with Gasteiger partial charge in [0.2, 0.25) is 5.91 Å². The minimum absolute atomic E-state index is 0.0318. The molecule has 4 aliphatic carbocycles. The number of aliphatic carboxylic acids is 1. The van der Waals surface area contributed by atoms with Gasteiger partial charge in [-0.1, -0.05) is 51.1 Å². The van der Waals surface area contributed by atoms with Gasteiger partial charge in [-0.25, -0.2) is 0 Å². The molecule has 2 N–H and O–H groups in total. The van der Waals surface area contributed by atoms with E-state index in [2.05, 4.69) is 26.1 Å². The molecule has 1 unspecified atom stereocenters. The molecule has 0 radical (unpaired) electrons. The maximum absolute atomic E-state index is 13.6. The van der Waals surface area contributed by atoms with Gasteiger partial charge < -0.3 is 10.4 Å². The molecule has 0 bridgehead atoms. The van der Waals surface area contributed by atoms with Crippen LogP contribution in [0.15, 0.2) is 30.3 Å². The summed E-state index contributed by atoms with van der Waals surface area (Å²) in [5, 5.41) is 12.4. The number of carbonyl (C=O) groups is 4. The van der Waals surface area contributed by atoms with Crippen molar-refractivity contribution in [2.75, 3.05) is 0 Å².